The maximum absolute atomic E-state index is 13.5. The van der Waals surface area contributed by atoms with Crippen LogP contribution in [0.2, 0.25) is 0 Å². The molecule has 2 N–H and O–H groups in total. The van der Waals surface area contributed by atoms with Crippen LogP contribution in [0.5, 0.6) is 0 Å². The molecule has 11 heteroatoms. The second-order valence-corrected chi connectivity index (χ2v) is 7.48. The van der Waals surface area contributed by atoms with E-state index in [2.05, 4.69) is 25.4 Å². The number of aryl methyl sites for hydroxylation is 2. The lowest BCUT2D eigenvalue weighted by Crippen LogP contribution is -2.31. The molecule has 4 aromatic rings. The number of nitrogens with one attached hydrogen (secondary N) is 1. The van der Waals surface area contributed by atoms with Crippen LogP contribution in [0.4, 0.5) is 5.82 Å². The summed E-state index contributed by atoms with van der Waals surface area (Å²) in [5.41, 5.74) is 2.44. The molecule has 0 saturated carbocycles. The largest absolute Gasteiger partial charge is 0.481 e. The molecule has 4 heterocycles. The smallest absolute Gasteiger partial charge is 0.305 e. The second kappa shape index (κ2) is 9.15. The molecule has 0 amide bonds. The molecule has 0 aromatic carbocycles. The molecule has 0 aliphatic carbocycles. The summed E-state index contributed by atoms with van der Waals surface area (Å²) in [6, 6.07) is 4.76. The van der Waals surface area contributed by atoms with Gasteiger partial charge in [0.2, 0.25) is 0 Å². The van der Waals surface area contributed by atoms with Crippen molar-refractivity contribution in [2.24, 2.45) is 0 Å². The zero-order valence-corrected chi connectivity index (χ0v) is 18.4. The van der Waals surface area contributed by atoms with E-state index in [1.807, 2.05) is 13.8 Å². The Kier molecular flexibility index (Phi) is 6.11. The summed E-state index contributed by atoms with van der Waals surface area (Å²) in [6.45, 7) is 5.61. The highest BCUT2D eigenvalue weighted by atomic mass is 16.5. The van der Waals surface area contributed by atoms with Gasteiger partial charge < -0.3 is 14.9 Å². The first-order valence-electron chi connectivity index (χ1n) is 10.5. The van der Waals surface area contributed by atoms with E-state index >= 15 is 0 Å². The van der Waals surface area contributed by atoms with E-state index in [-0.39, 0.29) is 18.8 Å². The van der Waals surface area contributed by atoms with Crippen molar-refractivity contribution in [3.05, 3.63) is 58.2 Å². The monoisotopic (exact) mass is 449 g/mol. The molecule has 0 bridgehead atoms. The lowest BCUT2D eigenvalue weighted by atomic mass is 10.1. The number of rotatable bonds is 8. The van der Waals surface area contributed by atoms with Gasteiger partial charge in [-0.05, 0) is 38.5 Å². The first-order valence-corrected chi connectivity index (χ1v) is 10.5. The number of pyridine rings is 1. The minimum Gasteiger partial charge on any atom is -0.481 e. The summed E-state index contributed by atoms with van der Waals surface area (Å²) in [5.74, 6) is 0.158. The fourth-order valence-electron chi connectivity index (χ4n) is 3.73. The SMILES string of the molecule is CC[C@@H](c1ncccn1)n1c(=O)c(NCCC(=O)O)nc2ccc(-c3c(C)noc3C)nc21. The van der Waals surface area contributed by atoms with E-state index in [1.165, 1.54) is 4.57 Å². The molecule has 0 aliphatic rings. The lowest BCUT2D eigenvalue weighted by Gasteiger charge is -2.20. The van der Waals surface area contributed by atoms with Crippen molar-refractivity contribution in [3.8, 4) is 11.3 Å². The number of hydrogen-bond donors (Lipinski definition) is 2. The van der Waals surface area contributed by atoms with Crippen LogP contribution in [0.3, 0.4) is 0 Å². The highest BCUT2D eigenvalue weighted by molar-refractivity contribution is 5.78. The highest BCUT2D eigenvalue weighted by Crippen LogP contribution is 2.28. The van der Waals surface area contributed by atoms with Crippen molar-refractivity contribution in [1.82, 2.24) is 29.7 Å². The van der Waals surface area contributed by atoms with Crippen molar-refractivity contribution < 1.29 is 14.4 Å². The van der Waals surface area contributed by atoms with Gasteiger partial charge in [0, 0.05) is 18.9 Å². The molecule has 0 saturated heterocycles. The van der Waals surface area contributed by atoms with Gasteiger partial charge in [-0.2, -0.15) is 0 Å². The molecule has 4 aromatic heterocycles. The fourth-order valence-corrected chi connectivity index (χ4v) is 3.73. The van der Waals surface area contributed by atoms with E-state index < -0.39 is 17.6 Å². The number of nitrogens with zero attached hydrogens (tertiary/aromatic N) is 6. The van der Waals surface area contributed by atoms with Gasteiger partial charge in [-0.3, -0.25) is 14.2 Å². The molecule has 0 spiro atoms. The van der Waals surface area contributed by atoms with Crippen LogP contribution in [-0.4, -0.2) is 47.3 Å². The maximum atomic E-state index is 13.5. The van der Waals surface area contributed by atoms with Gasteiger partial charge >= 0.3 is 5.97 Å². The summed E-state index contributed by atoms with van der Waals surface area (Å²) < 4.78 is 6.80. The Bertz CT molecular complexity index is 1350. The average Bonchev–Trinajstić information content (AvgIpc) is 3.14. The lowest BCUT2D eigenvalue weighted by molar-refractivity contribution is -0.136. The third-order valence-corrected chi connectivity index (χ3v) is 5.24. The first-order chi connectivity index (χ1) is 15.9. The number of carboxylic acid groups (broad SMARTS) is 1. The molecule has 0 aliphatic heterocycles. The molecule has 0 unspecified atom stereocenters. The molecule has 170 valence electrons. The van der Waals surface area contributed by atoms with Crippen molar-refractivity contribution in [2.75, 3.05) is 11.9 Å². The summed E-state index contributed by atoms with van der Waals surface area (Å²) in [6.07, 6.45) is 3.61. The predicted molar refractivity (Wildman–Crippen MR) is 120 cm³/mol. The van der Waals surface area contributed by atoms with Crippen molar-refractivity contribution in [1.29, 1.82) is 0 Å². The predicted octanol–water partition coefficient (Wildman–Crippen LogP) is 2.74. The Morgan fingerprint density at radius 2 is 1.97 bits per heavy atom. The normalized spacial score (nSPS) is 12.1. The van der Waals surface area contributed by atoms with Crippen molar-refractivity contribution in [3.63, 3.8) is 0 Å². The minimum absolute atomic E-state index is 0.0463. The molecule has 1 atom stereocenters. The molecular formula is C22H23N7O4. The van der Waals surface area contributed by atoms with E-state index in [4.69, 9.17) is 14.6 Å². The zero-order chi connectivity index (χ0) is 23.5. The molecule has 4 rings (SSSR count). The average molecular weight is 449 g/mol. The number of aromatic nitrogens is 6. The van der Waals surface area contributed by atoms with Gasteiger partial charge in [-0.1, -0.05) is 12.1 Å². The zero-order valence-electron chi connectivity index (χ0n) is 18.4. The van der Waals surface area contributed by atoms with Crippen LogP contribution in [0.15, 0.2) is 39.9 Å². The topological polar surface area (TPSA) is 149 Å². The Labute approximate surface area is 188 Å². The Hall–Kier alpha value is -4.15. The van der Waals surface area contributed by atoms with Gasteiger partial charge in [-0.25, -0.2) is 19.9 Å². The van der Waals surface area contributed by atoms with Crippen LogP contribution < -0.4 is 10.9 Å². The molecule has 11 nitrogen and oxygen atoms in total. The van der Waals surface area contributed by atoms with Crippen molar-refractivity contribution in [2.45, 2.75) is 39.7 Å². The maximum Gasteiger partial charge on any atom is 0.305 e. The van der Waals surface area contributed by atoms with E-state index in [1.54, 1.807) is 37.5 Å². The number of fused-ring (bicyclic) bond motifs is 1. The van der Waals surface area contributed by atoms with Crippen LogP contribution in [0.1, 0.15) is 43.1 Å². The molecule has 0 fully saturated rings. The van der Waals surface area contributed by atoms with E-state index in [0.717, 1.165) is 5.56 Å². The van der Waals surface area contributed by atoms with Gasteiger partial charge in [0.15, 0.2) is 17.3 Å². The number of carboxylic acids is 1. The third kappa shape index (κ3) is 4.29. The highest BCUT2D eigenvalue weighted by Gasteiger charge is 2.23. The Balaban J connectivity index is 1.95. The van der Waals surface area contributed by atoms with Gasteiger partial charge in [0.05, 0.1) is 29.4 Å². The molecule has 0 radical (unpaired) electrons. The summed E-state index contributed by atoms with van der Waals surface area (Å²) >= 11 is 0. The van der Waals surface area contributed by atoms with E-state index in [0.29, 0.717) is 40.6 Å². The van der Waals surface area contributed by atoms with Gasteiger partial charge in [0.1, 0.15) is 11.3 Å². The number of aliphatic carboxylic acids is 1. The van der Waals surface area contributed by atoms with Crippen LogP contribution in [0, 0.1) is 13.8 Å². The third-order valence-electron chi connectivity index (χ3n) is 5.24. The number of hydrogen-bond acceptors (Lipinski definition) is 9. The number of carbonyl (C=O) groups is 1. The first kappa shape index (κ1) is 22.1. The number of anilines is 1. The summed E-state index contributed by atoms with van der Waals surface area (Å²) in [5, 5.41) is 15.8. The molecular weight excluding hydrogens is 426 g/mol. The minimum atomic E-state index is -0.974. The van der Waals surface area contributed by atoms with Crippen LogP contribution in [-0.2, 0) is 4.79 Å². The van der Waals surface area contributed by atoms with Gasteiger partial charge in [-0.15, -0.1) is 0 Å². The van der Waals surface area contributed by atoms with Crippen LogP contribution >= 0.6 is 0 Å². The van der Waals surface area contributed by atoms with Gasteiger partial charge in [0.25, 0.3) is 5.56 Å². The molecule has 33 heavy (non-hydrogen) atoms. The Morgan fingerprint density at radius 3 is 2.61 bits per heavy atom. The summed E-state index contributed by atoms with van der Waals surface area (Å²) in [7, 11) is 0. The Morgan fingerprint density at radius 1 is 1.21 bits per heavy atom. The summed E-state index contributed by atoms with van der Waals surface area (Å²) in [4.78, 5) is 42.3. The second-order valence-electron chi connectivity index (χ2n) is 7.48. The standard InChI is InChI=1S/C22H23N7O4/c1-4-16(19-23-9-5-10-24-19)29-21-15(26-20(22(29)32)25-11-8-17(30)31)7-6-14(27-21)18-12(2)28-33-13(18)3/h5-7,9-10,16H,4,8,11H2,1-3H3,(H,25,26)(H,30,31)/t16-/m0/s1. The van der Waals surface area contributed by atoms with E-state index in [9.17, 15) is 9.59 Å². The van der Waals surface area contributed by atoms with Crippen LogP contribution in [0.25, 0.3) is 22.4 Å². The fraction of sp³-hybridized carbons (Fsp3) is 0.318. The quantitative estimate of drug-likeness (QED) is 0.411. The van der Waals surface area contributed by atoms with Crippen molar-refractivity contribution >= 4 is 23.0 Å².